The minimum absolute atomic E-state index is 0.195. The Morgan fingerprint density at radius 1 is 1.06 bits per heavy atom. The normalized spacial score (nSPS) is 19.7. The molecule has 0 bridgehead atoms. The average Bonchev–Trinajstić information content (AvgIpc) is 3.27. The fraction of sp³-hybridized carbons (Fsp3) is 0.308. The molecule has 0 saturated heterocycles. The molecule has 5 rings (SSSR count). The van der Waals surface area contributed by atoms with Crippen molar-refractivity contribution in [2.24, 2.45) is 5.92 Å². The first kappa shape index (κ1) is 21.4. The number of anilines is 1. The SMILES string of the molecule is C[C@@H](Nc1nc(-c2ccc(Cl)cc2)cs1)[C@H]1CC[C@@H](c2ccnc3ccc(F)cc32)CC1. The van der Waals surface area contributed by atoms with Gasteiger partial charge in [-0.15, -0.1) is 11.3 Å². The highest BCUT2D eigenvalue weighted by Crippen LogP contribution is 2.40. The molecule has 2 aromatic heterocycles. The second-order valence-corrected chi connectivity index (χ2v) is 9.95. The van der Waals surface area contributed by atoms with E-state index in [1.165, 1.54) is 11.6 Å². The maximum atomic E-state index is 13.8. The number of thiazole rings is 1. The van der Waals surface area contributed by atoms with Gasteiger partial charge in [0.25, 0.3) is 0 Å². The summed E-state index contributed by atoms with van der Waals surface area (Å²) in [6.07, 6.45) is 6.37. The number of nitrogens with one attached hydrogen (secondary N) is 1. The topological polar surface area (TPSA) is 37.8 Å². The van der Waals surface area contributed by atoms with Crippen LogP contribution in [0.3, 0.4) is 0 Å². The lowest BCUT2D eigenvalue weighted by Crippen LogP contribution is -2.29. The minimum atomic E-state index is -0.195. The molecule has 2 aromatic carbocycles. The van der Waals surface area contributed by atoms with Crippen molar-refractivity contribution in [2.75, 3.05) is 5.32 Å². The van der Waals surface area contributed by atoms with E-state index in [1.54, 1.807) is 23.5 Å². The highest BCUT2D eigenvalue weighted by molar-refractivity contribution is 7.14. The number of fused-ring (bicyclic) bond motifs is 1. The monoisotopic (exact) mass is 465 g/mol. The summed E-state index contributed by atoms with van der Waals surface area (Å²) in [4.78, 5) is 9.18. The van der Waals surface area contributed by atoms with E-state index in [2.05, 4.69) is 28.7 Å². The Kier molecular flexibility index (Phi) is 6.11. The van der Waals surface area contributed by atoms with Gasteiger partial charge in [-0.3, -0.25) is 4.98 Å². The number of hydrogen-bond acceptors (Lipinski definition) is 4. The summed E-state index contributed by atoms with van der Waals surface area (Å²) < 4.78 is 13.8. The summed E-state index contributed by atoms with van der Waals surface area (Å²) in [6.45, 7) is 2.26. The van der Waals surface area contributed by atoms with Crippen molar-refractivity contribution in [3.8, 4) is 11.3 Å². The molecule has 1 fully saturated rings. The predicted molar refractivity (Wildman–Crippen MR) is 132 cm³/mol. The smallest absolute Gasteiger partial charge is 0.183 e. The Morgan fingerprint density at radius 2 is 1.84 bits per heavy atom. The largest absolute Gasteiger partial charge is 0.359 e. The first-order valence-electron chi connectivity index (χ1n) is 11.1. The van der Waals surface area contributed by atoms with Gasteiger partial charge in [-0.2, -0.15) is 0 Å². The van der Waals surface area contributed by atoms with E-state index in [1.807, 2.05) is 30.5 Å². The highest BCUT2D eigenvalue weighted by atomic mass is 35.5. The molecule has 32 heavy (non-hydrogen) atoms. The second-order valence-electron chi connectivity index (χ2n) is 8.65. The zero-order valence-electron chi connectivity index (χ0n) is 17.9. The van der Waals surface area contributed by atoms with E-state index in [9.17, 15) is 4.39 Å². The number of benzene rings is 2. The third-order valence-electron chi connectivity index (χ3n) is 6.65. The lowest BCUT2D eigenvalue weighted by molar-refractivity contribution is 0.302. The van der Waals surface area contributed by atoms with E-state index in [0.29, 0.717) is 17.9 Å². The first-order valence-corrected chi connectivity index (χ1v) is 12.3. The van der Waals surface area contributed by atoms with Gasteiger partial charge in [0.05, 0.1) is 11.2 Å². The van der Waals surface area contributed by atoms with Crippen LogP contribution in [-0.4, -0.2) is 16.0 Å². The van der Waals surface area contributed by atoms with Gasteiger partial charge < -0.3 is 5.32 Å². The van der Waals surface area contributed by atoms with Crippen LogP contribution in [0.4, 0.5) is 9.52 Å². The van der Waals surface area contributed by atoms with Crippen LogP contribution >= 0.6 is 22.9 Å². The zero-order valence-corrected chi connectivity index (χ0v) is 19.5. The molecule has 2 heterocycles. The molecule has 1 saturated carbocycles. The fourth-order valence-corrected chi connectivity index (χ4v) is 5.77. The van der Waals surface area contributed by atoms with Crippen molar-refractivity contribution < 1.29 is 4.39 Å². The maximum absolute atomic E-state index is 13.8. The third-order valence-corrected chi connectivity index (χ3v) is 7.68. The molecule has 0 unspecified atom stereocenters. The third kappa shape index (κ3) is 4.50. The highest BCUT2D eigenvalue weighted by Gasteiger charge is 2.27. The number of hydrogen-bond donors (Lipinski definition) is 1. The molecular weight excluding hydrogens is 441 g/mol. The lowest BCUT2D eigenvalue weighted by Gasteiger charge is -2.33. The number of aromatic nitrogens is 2. The van der Waals surface area contributed by atoms with Crippen molar-refractivity contribution in [1.29, 1.82) is 0 Å². The van der Waals surface area contributed by atoms with Gasteiger partial charge in [-0.1, -0.05) is 23.7 Å². The molecule has 6 heteroatoms. The first-order chi connectivity index (χ1) is 15.6. The molecule has 1 atom stereocenters. The summed E-state index contributed by atoms with van der Waals surface area (Å²) >= 11 is 7.64. The van der Waals surface area contributed by atoms with Crippen LogP contribution in [0.2, 0.25) is 5.02 Å². The van der Waals surface area contributed by atoms with Gasteiger partial charge in [-0.05, 0) is 86.4 Å². The van der Waals surface area contributed by atoms with Crippen LogP contribution in [0.5, 0.6) is 0 Å². The standard InChI is InChI=1S/C26H25ClFN3S/c1-16(30-26-31-25(15-32-26)19-6-8-20(27)9-7-19)17-2-4-18(5-3-17)22-12-13-29-24-11-10-21(28)14-23(22)24/h6-18H,2-5H2,1H3,(H,30,31)/t16-,17-,18+/m1/s1. The van der Waals surface area contributed by atoms with E-state index >= 15 is 0 Å². The molecule has 3 nitrogen and oxygen atoms in total. The van der Waals surface area contributed by atoms with Crippen LogP contribution in [0.1, 0.15) is 44.1 Å². The van der Waals surface area contributed by atoms with E-state index in [-0.39, 0.29) is 5.82 Å². The van der Waals surface area contributed by atoms with Crippen LogP contribution in [-0.2, 0) is 0 Å². The molecule has 1 N–H and O–H groups in total. The molecular formula is C26H25ClFN3S. The fourth-order valence-electron chi connectivity index (χ4n) is 4.83. The summed E-state index contributed by atoms with van der Waals surface area (Å²) in [5.41, 5.74) is 4.16. The van der Waals surface area contributed by atoms with E-state index < -0.39 is 0 Å². The minimum Gasteiger partial charge on any atom is -0.359 e. The van der Waals surface area contributed by atoms with E-state index in [4.69, 9.17) is 16.6 Å². The van der Waals surface area contributed by atoms with Crippen LogP contribution in [0, 0.1) is 11.7 Å². The molecule has 0 spiro atoms. The number of nitrogens with zero attached hydrogens (tertiary/aromatic N) is 2. The summed E-state index contributed by atoms with van der Waals surface area (Å²) in [6, 6.07) is 15.1. The van der Waals surface area contributed by atoms with Gasteiger partial charge in [0.2, 0.25) is 0 Å². The van der Waals surface area contributed by atoms with Crippen LogP contribution < -0.4 is 5.32 Å². The van der Waals surface area contributed by atoms with Crippen molar-refractivity contribution in [3.05, 3.63) is 76.5 Å². The van der Waals surface area contributed by atoms with Gasteiger partial charge in [0.15, 0.2) is 5.13 Å². The Bertz CT molecular complexity index is 1220. The maximum Gasteiger partial charge on any atom is 0.183 e. The predicted octanol–water partition coefficient (Wildman–Crippen LogP) is 7.93. The van der Waals surface area contributed by atoms with Crippen molar-refractivity contribution >= 4 is 39.0 Å². The van der Waals surface area contributed by atoms with Crippen molar-refractivity contribution in [3.63, 3.8) is 0 Å². The summed E-state index contributed by atoms with van der Waals surface area (Å²) in [5.74, 6) is 0.862. The number of rotatable bonds is 5. The van der Waals surface area contributed by atoms with E-state index in [0.717, 1.165) is 58.0 Å². The van der Waals surface area contributed by atoms with Crippen LogP contribution in [0.25, 0.3) is 22.2 Å². The molecule has 0 radical (unpaired) electrons. The Labute approximate surface area is 196 Å². The molecule has 1 aliphatic rings. The Balaban J connectivity index is 1.22. The molecule has 1 aliphatic carbocycles. The number of halogens is 2. The van der Waals surface area contributed by atoms with Gasteiger partial charge in [-0.25, -0.2) is 9.37 Å². The van der Waals surface area contributed by atoms with Crippen LogP contribution in [0.15, 0.2) is 60.1 Å². The van der Waals surface area contributed by atoms with Gasteiger partial charge in [0, 0.05) is 33.6 Å². The summed E-state index contributed by atoms with van der Waals surface area (Å²) in [7, 11) is 0. The quantitative estimate of drug-likeness (QED) is 0.325. The van der Waals surface area contributed by atoms with Gasteiger partial charge in [0.1, 0.15) is 5.82 Å². The van der Waals surface area contributed by atoms with Gasteiger partial charge >= 0.3 is 0 Å². The molecule has 0 aliphatic heterocycles. The Hall–Kier alpha value is -2.50. The number of pyridine rings is 1. The molecule has 164 valence electrons. The Morgan fingerprint density at radius 3 is 2.62 bits per heavy atom. The second kappa shape index (κ2) is 9.16. The molecule has 4 aromatic rings. The van der Waals surface area contributed by atoms with Crippen molar-refractivity contribution in [1.82, 2.24) is 9.97 Å². The zero-order chi connectivity index (χ0) is 22.1. The average molecular weight is 466 g/mol. The molecule has 0 amide bonds. The summed E-state index contributed by atoms with van der Waals surface area (Å²) in [5, 5.41) is 8.36. The lowest BCUT2D eigenvalue weighted by atomic mass is 9.75. The van der Waals surface area contributed by atoms with Crippen molar-refractivity contribution in [2.45, 2.75) is 44.6 Å².